The number of oxime groups is 1. The molecule has 0 radical (unpaired) electrons. The van der Waals surface area contributed by atoms with E-state index in [-0.39, 0.29) is 12.5 Å². The molecule has 6 aromatic rings. The number of benzene rings is 4. The van der Waals surface area contributed by atoms with E-state index in [1.54, 1.807) is 25.1 Å². The van der Waals surface area contributed by atoms with Crippen LogP contribution in [0.1, 0.15) is 40.9 Å². The molecular weight excluding hydrogens is 530 g/mol. The van der Waals surface area contributed by atoms with Gasteiger partial charge in [-0.1, -0.05) is 78.0 Å². The molecule has 7 rings (SSSR count). The van der Waals surface area contributed by atoms with Crippen LogP contribution in [0.5, 0.6) is 23.1 Å². The van der Waals surface area contributed by atoms with Gasteiger partial charge in [-0.3, -0.25) is 0 Å². The fourth-order valence-corrected chi connectivity index (χ4v) is 5.45. The fourth-order valence-electron chi connectivity index (χ4n) is 5.45. The molecule has 0 aliphatic carbocycles. The molecule has 0 saturated carbocycles. The first-order valence-corrected chi connectivity index (χ1v) is 13.5. The monoisotopic (exact) mass is 557 g/mol. The number of nitrogens with zero attached hydrogens (tertiary/aromatic N) is 5. The van der Waals surface area contributed by atoms with Gasteiger partial charge in [-0.2, -0.15) is 0 Å². The number of aromatic nitrogens is 4. The summed E-state index contributed by atoms with van der Waals surface area (Å²) in [4.78, 5) is 15.2. The molecule has 0 bridgehead atoms. The lowest BCUT2D eigenvalue weighted by atomic mass is 9.82. The Morgan fingerprint density at radius 2 is 1.74 bits per heavy atom. The summed E-state index contributed by atoms with van der Waals surface area (Å²) in [5.41, 5.74) is 5.15. The maximum absolute atomic E-state index is 6.52. The minimum absolute atomic E-state index is 0.101. The first-order valence-electron chi connectivity index (χ1n) is 13.5. The molecule has 2 aromatic heterocycles. The largest absolute Gasteiger partial charge is 0.493 e. The van der Waals surface area contributed by atoms with Crippen molar-refractivity contribution in [3.8, 4) is 23.1 Å². The summed E-state index contributed by atoms with van der Waals surface area (Å²) in [5.74, 6) is 2.74. The van der Waals surface area contributed by atoms with Crippen LogP contribution in [0.3, 0.4) is 0 Å². The summed E-state index contributed by atoms with van der Waals surface area (Å²) >= 11 is 0. The van der Waals surface area contributed by atoms with Gasteiger partial charge >= 0.3 is 0 Å². The topological polar surface area (TPSA) is 92.4 Å². The Bertz CT molecular complexity index is 1970. The summed E-state index contributed by atoms with van der Waals surface area (Å²) in [6.07, 6.45) is 1.62. The second kappa shape index (κ2) is 10.5. The van der Waals surface area contributed by atoms with Crippen LogP contribution in [-0.2, 0) is 11.4 Å². The van der Waals surface area contributed by atoms with Gasteiger partial charge in [0, 0.05) is 16.9 Å². The summed E-state index contributed by atoms with van der Waals surface area (Å²) in [5, 5.41) is 11.0. The third kappa shape index (κ3) is 4.35. The van der Waals surface area contributed by atoms with Crippen LogP contribution in [-0.4, -0.2) is 39.5 Å². The van der Waals surface area contributed by atoms with Crippen LogP contribution in [0.25, 0.3) is 16.4 Å². The molecule has 208 valence electrons. The third-order valence-electron chi connectivity index (χ3n) is 7.47. The van der Waals surface area contributed by atoms with E-state index < -0.39 is 0 Å². The predicted molar refractivity (Wildman–Crippen MR) is 159 cm³/mol. The zero-order valence-corrected chi connectivity index (χ0v) is 23.3. The Morgan fingerprint density at radius 3 is 2.57 bits per heavy atom. The van der Waals surface area contributed by atoms with Gasteiger partial charge in [-0.05, 0) is 35.6 Å². The molecule has 3 heterocycles. The maximum atomic E-state index is 6.52. The van der Waals surface area contributed by atoms with Crippen molar-refractivity contribution in [2.75, 3.05) is 14.2 Å². The van der Waals surface area contributed by atoms with E-state index in [9.17, 15) is 0 Å². The summed E-state index contributed by atoms with van der Waals surface area (Å²) in [7, 11) is 3.26. The molecule has 1 aliphatic rings. The number of hydrogen-bond acceptors (Lipinski definition) is 8. The van der Waals surface area contributed by atoms with Gasteiger partial charge in [-0.15, -0.1) is 5.10 Å². The zero-order valence-electron chi connectivity index (χ0n) is 23.3. The van der Waals surface area contributed by atoms with E-state index in [1.807, 2.05) is 67.6 Å². The van der Waals surface area contributed by atoms with Crippen LogP contribution in [0.15, 0.2) is 96.4 Å². The molecule has 0 saturated heterocycles. The van der Waals surface area contributed by atoms with Gasteiger partial charge in [0.05, 0.1) is 25.5 Å². The van der Waals surface area contributed by atoms with E-state index in [0.717, 1.165) is 44.5 Å². The number of fused-ring (bicyclic) bond motifs is 6. The van der Waals surface area contributed by atoms with Gasteiger partial charge in [0.2, 0.25) is 5.88 Å². The van der Waals surface area contributed by atoms with Crippen molar-refractivity contribution in [2.24, 2.45) is 5.16 Å². The van der Waals surface area contributed by atoms with E-state index >= 15 is 0 Å². The lowest BCUT2D eigenvalue weighted by Crippen LogP contribution is -2.15. The second-order valence-electron chi connectivity index (χ2n) is 9.93. The number of methoxy groups -OCH3 is 2. The highest BCUT2D eigenvalue weighted by Crippen LogP contribution is 2.51. The zero-order chi connectivity index (χ0) is 28.6. The molecule has 9 nitrogen and oxygen atoms in total. The van der Waals surface area contributed by atoms with Gasteiger partial charge < -0.3 is 19.0 Å². The van der Waals surface area contributed by atoms with Crippen LogP contribution in [0.4, 0.5) is 0 Å². The molecule has 1 aliphatic heterocycles. The van der Waals surface area contributed by atoms with Crippen LogP contribution in [0, 0.1) is 0 Å². The van der Waals surface area contributed by atoms with Crippen LogP contribution in [0.2, 0.25) is 0 Å². The third-order valence-corrected chi connectivity index (χ3v) is 7.47. The molecule has 42 heavy (non-hydrogen) atoms. The van der Waals surface area contributed by atoms with E-state index in [0.29, 0.717) is 28.9 Å². The highest BCUT2D eigenvalue weighted by molar-refractivity contribution is 5.98. The Morgan fingerprint density at radius 1 is 0.929 bits per heavy atom. The van der Waals surface area contributed by atoms with Gasteiger partial charge in [0.15, 0.2) is 29.6 Å². The van der Waals surface area contributed by atoms with Crippen molar-refractivity contribution >= 4 is 22.1 Å². The summed E-state index contributed by atoms with van der Waals surface area (Å²) < 4.78 is 19.4. The molecule has 4 aromatic carbocycles. The maximum Gasteiger partial charge on any atom is 0.228 e. The van der Waals surface area contributed by atoms with Gasteiger partial charge in [0.1, 0.15) is 12.1 Å². The molecule has 0 amide bonds. The van der Waals surface area contributed by atoms with Crippen molar-refractivity contribution in [1.82, 2.24) is 19.6 Å². The van der Waals surface area contributed by atoms with Crippen molar-refractivity contribution in [2.45, 2.75) is 19.4 Å². The highest BCUT2D eigenvalue weighted by atomic mass is 16.6. The molecular formula is C33H27N5O4. The molecule has 0 fully saturated rings. The minimum atomic E-state index is -0.263. The minimum Gasteiger partial charge on any atom is -0.493 e. The first kappa shape index (κ1) is 25.5. The van der Waals surface area contributed by atoms with E-state index in [2.05, 4.69) is 39.5 Å². The SMILES string of the molecule is COc1ccc([C@@H]2c3ccc4ccccc4c3Oc3ncn4nc(CO/N=C(\C)c5ccccc5)nc4c32)cc1OC. The standard InChI is InChI=1S/C33H27N5O4/c1-20(21-9-5-4-6-10-21)37-41-18-28-35-32-30-29(23-14-16-26(39-2)27(17-23)40-3)25-15-13-22-11-7-8-12-24(22)31(25)42-33(30)34-19-38(32)36-28/h4-17,19,29H,18H2,1-3H3/b37-20+/t29-/m1/s1. The first-order chi connectivity index (χ1) is 20.6. The average Bonchev–Trinajstić information content (AvgIpc) is 3.47. The Labute approximate surface area is 242 Å². The lowest BCUT2D eigenvalue weighted by molar-refractivity contribution is 0.125. The van der Waals surface area contributed by atoms with Crippen molar-refractivity contribution in [3.63, 3.8) is 0 Å². The lowest BCUT2D eigenvalue weighted by Gasteiger charge is -2.29. The van der Waals surface area contributed by atoms with Crippen LogP contribution < -0.4 is 14.2 Å². The Kier molecular flexibility index (Phi) is 6.39. The average molecular weight is 558 g/mol. The van der Waals surface area contributed by atoms with Crippen molar-refractivity contribution < 1.29 is 19.0 Å². The smallest absolute Gasteiger partial charge is 0.228 e. The quantitative estimate of drug-likeness (QED) is 0.163. The van der Waals surface area contributed by atoms with Gasteiger partial charge in [0.25, 0.3) is 0 Å². The number of rotatable bonds is 7. The molecule has 0 N–H and O–H groups in total. The predicted octanol–water partition coefficient (Wildman–Crippen LogP) is 6.52. The summed E-state index contributed by atoms with van der Waals surface area (Å²) in [6, 6.07) is 28.2. The number of ether oxygens (including phenoxy) is 3. The Hall–Kier alpha value is -5.44. The molecule has 9 heteroatoms. The molecule has 0 spiro atoms. The normalized spacial score (nSPS) is 14.3. The number of hydrogen-bond donors (Lipinski definition) is 0. The van der Waals surface area contributed by atoms with E-state index in [1.165, 1.54) is 0 Å². The van der Waals surface area contributed by atoms with Crippen molar-refractivity contribution in [3.05, 3.63) is 119 Å². The Balaban J connectivity index is 1.34. The summed E-state index contributed by atoms with van der Waals surface area (Å²) in [6.45, 7) is 2.00. The van der Waals surface area contributed by atoms with Crippen LogP contribution >= 0.6 is 0 Å². The van der Waals surface area contributed by atoms with Crippen molar-refractivity contribution in [1.29, 1.82) is 0 Å². The molecule has 0 unspecified atom stereocenters. The van der Waals surface area contributed by atoms with Gasteiger partial charge in [-0.25, -0.2) is 14.5 Å². The van der Waals surface area contributed by atoms with E-state index in [4.69, 9.17) is 24.0 Å². The second-order valence-corrected chi connectivity index (χ2v) is 9.93. The highest BCUT2D eigenvalue weighted by Gasteiger charge is 2.34. The molecule has 1 atom stereocenters. The fraction of sp³-hybridized carbons (Fsp3) is 0.152.